The fourth-order valence-electron chi connectivity index (χ4n) is 2.02. The number of furan rings is 1. The summed E-state index contributed by atoms with van der Waals surface area (Å²) in [4.78, 5) is 14.2. The van der Waals surface area contributed by atoms with E-state index < -0.39 is 0 Å². The molecule has 0 radical (unpaired) electrons. The van der Waals surface area contributed by atoms with Gasteiger partial charge in [-0.05, 0) is 31.4 Å². The molecule has 4 nitrogen and oxygen atoms in total. The second kappa shape index (κ2) is 5.36. The van der Waals surface area contributed by atoms with Crippen LogP contribution in [0.2, 0.25) is 0 Å². The first-order valence-corrected chi connectivity index (χ1v) is 6.29. The molecule has 0 aliphatic heterocycles. The number of carbonyl (C=O) groups excluding carboxylic acids is 1. The van der Waals surface area contributed by atoms with Gasteiger partial charge in [-0.2, -0.15) is 0 Å². The van der Waals surface area contributed by atoms with Crippen LogP contribution in [0.4, 0.5) is 0 Å². The molecular formula is C13H20N2O2. The van der Waals surface area contributed by atoms with E-state index in [0.29, 0.717) is 19.1 Å². The average Bonchev–Trinajstić information content (AvgIpc) is 3.05. The summed E-state index contributed by atoms with van der Waals surface area (Å²) in [6, 6.07) is 4.16. The van der Waals surface area contributed by atoms with Crippen molar-refractivity contribution in [3.8, 4) is 0 Å². The van der Waals surface area contributed by atoms with E-state index in [1.165, 1.54) is 0 Å². The molecular weight excluding hydrogens is 216 g/mol. The van der Waals surface area contributed by atoms with Crippen molar-refractivity contribution in [1.29, 1.82) is 0 Å². The molecule has 1 unspecified atom stereocenters. The van der Waals surface area contributed by atoms with Crippen molar-refractivity contribution in [2.24, 2.45) is 11.7 Å². The molecule has 1 amide bonds. The summed E-state index contributed by atoms with van der Waals surface area (Å²) in [5.74, 6) is 0.969. The van der Waals surface area contributed by atoms with Gasteiger partial charge < -0.3 is 15.1 Å². The molecule has 4 heteroatoms. The van der Waals surface area contributed by atoms with Crippen molar-refractivity contribution in [2.75, 3.05) is 6.54 Å². The molecule has 1 aliphatic carbocycles. The second-order valence-electron chi connectivity index (χ2n) is 4.62. The van der Waals surface area contributed by atoms with Crippen LogP contribution >= 0.6 is 0 Å². The van der Waals surface area contributed by atoms with Gasteiger partial charge in [0.05, 0.1) is 18.7 Å². The number of amides is 1. The van der Waals surface area contributed by atoms with Gasteiger partial charge in [0.15, 0.2) is 0 Å². The number of hydrogen-bond acceptors (Lipinski definition) is 3. The molecule has 0 bridgehead atoms. The lowest BCUT2D eigenvalue weighted by Gasteiger charge is -2.25. The van der Waals surface area contributed by atoms with Gasteiger partial charge >= 0.3 is 0 Å². The highest BCUT2D eigenvalue weighted by Gasteiger charge is 2.35. The summed E-state index contributed by atoms with van der Waals surface area (Å²) in [5, 5.41) is 0. The highest BCUT2D eigenvalue weighted by atomic mass is 16.3. The van der Waals surface area contributed by atoms with Gasteiger partial charge in [-0.3, -0.25) is 4.79 Å². The third kappa shape index (κ3) is 2.88. The Bertz CT molecular complexity index is 354. The van der Waals surface area contributed by atoms with Crippen LogP contribution in [0.25, 0.3) is 0 Å². The van der Waals surface area contributed by atoms with Crippen LogP contribution in [0, 0.1) is 5.92 Å². The Labute approximate surface area is 102 Å². The van der Waals surface area contributed by atoms with E-state index in [9.17, 15) is 4.79 Å². The summed E-state index contributed by atoms with van der Waals surface area (Å²) < 4.78 is 5.31. The minimum Gasteiger partial charge on any atom is -0.467 e. The lowest BCUT2D eigenvalue weighted by atomic mass is 10.1. The number of nitrogens with zero attached hydrogens (tertiary/aromatic N) is 1. The Morgan fingerprint density at radius 1 is 1.65 bits per heavy atom. The van der Waals surface area contributed by atoms with Crippen molar-refractivity contribution < 1.29 is 9.21 Å². The lowest BCUT2D eigenvalue weighted by Crippen LogP contribution is -2.39. The van der Waals surface area contributed by atoms with E-state index in [1.54, 1.807) is 6.26 Å². The van der Waals surface area contributed by atoms with Gasteiger partial charge in [-0.15, -0.1) is 0 Å². The predicted octanol–water partition coefficient (Wildman–Crippen LogP) is 1.76. The topological polar surface area (TPSA) is 59.5 Å². The molecule has 94 valence electrons. The van der Waals surface area contributed by atoms with E-state index >= 15 is 0 Å². The van der Waals surface area contributed by atoms with Crippen LogP contribution in [0.1, 0.15) is 31.9 Å². The molecule has 1 heterocycles. The Kier molecular flexibility index (Phi) is 3.84. The van der Waals surface area contributed by atoms with Crippen molar-refractivity contribution >= 4 is 5.91 Å². The van der Waals surface area contributed by atoms with Gasteiger partial charge in [0.1, 0.15) is 5.76 Å². The zero-order chi connectivity index (χ0) is 12.3. The van der Waals surface area contributed by atoms with E-state index in [4.69, 9.17) is 10.2 Å². The van der Waals surface area contributed by atoms with Gasteiger partial charge in [0.25, 0.3) is 0 Å². The molecule has 1 aromatic rings. The third-order valence-corrected chi connectivity index (χ3v) is 3.30. The standard InChI is InChI=1S/C13H20N2O2/c1-2-10(8-14)13(16)15(11-5-6-11)9-12-4-3-7-17-12/h3-4,7,10-11H,2,5-6,8-9,14H2,1H3. The summed E-state index contributed by atoms with van der Waals surface area (Å²) in [6.45, 7) is 3.01. The highest BCUT2D eigenvalue weighted by Crippen LogP contribution is 2.30. The third-order valence-electron chi connectivity index (χ3n) is 3.30. The highest BCUT2D eigenvalue weighted by molar-refractivity contribution is 5.79. The molecule has 2 N–H and O–H groups in total. The first-order chi connectivity index (χ1) is 8.26. The minimum atomic E-state index is -0.0504. The smallest absolute Gasteiger partial charge is 0.227 e. The van der Waals surface area contributed by atoms with Crippen LogP contribution < -0.4 is 5.73 Å². The van der Waals surface area contributed by atoms with E-state index in [-0.39, 0.29) is 11.8 Å². The second-order valence-corrected chi connectivity index (χ2v) is 4.62. The maximum absolute atomic E-state index is 12.3. The Hall–Kier alpha value is -1.29. The molecule has 1 aliphatic rings. The van der Waals surface area contributed by atoms with Gasteiger partial charge in [-0.1, -0.05) is 6.92 Å². The minimum absolute atomic E-state index is 0.0504. The summed E-state index contributed by atoms with van der Waals surface area (Å²) in [6.07, 6.45) is 4.66. The van der Waals surface area contributed by atoms with Crippen molar-refractivity contribution in [3.05, 3.63) is 24.2 Å². The first kappa shape index (κ1) is 12.2. The Balaban J connectivity index is 2.04. The fourth-order valence-corrected chi connectivity index (χ4v) is 2.02. The molecule has 1 saturated carbocycles. The summed E-state index contributed by atoms with van der Waals surface area (Å²) >= 11 is 0. The molecule has 17 heavy (non-hydrogen) atoms. The predicted molar refractivity (Wildman–Crippen MR) is 65.1 cm³/mol. The summed E-state index contributed by atoms with van der Waals surface area (Å²) in [7, 11) is 0. The molecule has 1 fully saturated rings. The normalized spacial score (nSPS) is 16.8. The van der Waals surface area contributed by atoms with Gasteiger partial charge in [0, 0.05) is 12.6 Å². The number of carbonyl (C=O) groups is 1. The van der Waals surface area contributed by atoms with Crippen molar-refractivity contribution in [1.82, 2.24) is 4.90 Å². The monoisotopic (exact) mass is 236 g/mol. The molecule has 0 aromatic carbocycles. The molecule has 0 saturated heterocycles. The molecule has 1 atom stereocenters. The Morgan fingerprint density at radius 2 is 2.41 bits per heavy atom. The summed E-state index contributed by atoms with van der Waals surface area (Å²) in [5.41, 5.74) is 5.65. The van der Waals surface area contributed by atoms with E-state index in [0.717, 1.165) is 25.0 Å². The van der Waals surface area contributed by atoms with Crippen molar-refractivity contribution in [2.45, 2.75) is 38.8 Å². The van der Waals surface area contributed by atoms with Crippen LogP contribution in [-0.2, 0) is 11.3 Å². The van der Waals surface area contributed by atoms with Crippen molar-refractivity contribution in [3.63, 3.8) is 0 Å². The van der Waals surface area contributed by atoms with Crippen LogP contribution in [0.3, 0.4) is 0 Å². The number of rotatable bonds is 6. The zero-order valence-corrected chi connectivity index (χ0v) is 10.3. The van der Waals surface area contributed by atoms with Gasteiger partial charge in [0.2, 0.25) is 5.91 Å². The SMILES string of the molecule is CCC(CN)C(=O)N(Cc1ccco1)C1CC1. The largest absolute Gasteiger partial charge is 0.467 e. The quantitative estimate of drug-likeness (QED) is 0.818. The van der Waals surface area contributed by atoms with Crippen LogP contribution in [-0.4, -0.2) is 23.4 Å². The Morgan fingerprint density at radius 3 is 2.88 bits per heavy atom. The molecule has 0 spiro atoms. The number of hydrogen-bond donors (Lipinski definition) is 1. The zero-order valence-electron chi connectivity index (χ0n) is 10.3. The van der Waals surface area contributed by atoms with E-state index in [2.05, 4.69) is 0 Å². The number of nitrogens with two attached hydrogens (primary N) is 1. The van der Waals surface area contributed by atoms with E-state index in [1.807, 2.05) is 24.0 Å². The fraction of sp³-hybridized carbons (Fsp3) is 0.615. The lowest BCUT2D eigenvalue weighted by molar-refractivity contribution is -0.136. The maximum Gasteiger partial charge on any atom is 0.227 e. The molecule has 1 aromatic heterocycles. The van der Waals surface area contributed by atoms with Gasteiger partial charge in [-0.25, -0.2) is 0 Å². The first-order valence-electron chi connectivity index (χ1n) is 6.29. The maximum atomic E-state index is 12.3. The van der Waals surface area contributed by atoms with Crippen LogP contribution in [0.5, 0.6) is 0 Å². The molecule has 2 rings (SSSR count). The van der Waals surface area contributed by atoms with Crippen LogP contribution in [0.15, 0.2) is 22.8 Å². The average molecular weight is 236 g/mol.